The minimum atomic E-state index is 0.267. The molecule has 1 atom stereocenters. The molecule has 1 saturated heterocycles. The fourth-order valence-corrected chi connectivity index (χ4v) is 2.99. The Labute approximate surface area is 123 Å². The van der Waals surface area contributed by atoms with Crippen LogP contribution in [0.25, 0.3) is 0 Å². The van der Waals surface area contributed by atoms with Gasteiger partial charge in [0.05, 0.1) is 18.6 Å². The van der Waals surface area contributed by atoms with E-state index in [4.69, 9.17) is 0 Å². The Balaban J connectivity index is 1.56. The Morgan fingerprint density at radius 1 is 1.38 bits per heavy atom. The predicted octanol–water partition coefficient (Wildman–Crippen LogP) is -0.112. The highest BCUT2D eigenvalue weighted by Crippen LogP contribution is 2.35. The van der Waals surface area contributed by atoms with Crippen LogP contribution >= 0.6 is 0 Å². The summed E-state index contributed by atoms with van der Waals surface area (Å²) in [6, 6.07) is 0.785. The maximum absolute atomic E-state index is 4.51. The van der Waals surface area contributed by atoms with E-state index in [0.717, 1.165) is 37.8 Å². The standard InChI is InChI=1S/C13H20N8/c1-19-6-5-15-13(19)11-8-14-4-7-20(11)9-12-16-17-18-21(12)10-2-3-10/h5-6,10-11,14H,2-4,7-9H2,1H3. The SMILES string of the molecule is Cn1ccnc1C1CNCCN1Cc1nnnn1C1CC1. The van der Waals surface area contributed by atoms with E-state index in [1.807, 2.05) is 24.1 Å². The van der Waals surface area contributed by atoms with E-state index < -0.39 is 0 Å². The highest BCUT2D eigenvalue weighted by Gasteiger charge is 2.31. The normalized spacial score (nSPS) is 23.6. The maximum Gasteiger partial charge on any atom is 0.165 e. The molecule has 8 nitrogen and oxygen atoms in total. The van der Waals surface area contributed by atoms with E-state index in [1.54, 1.807) is 0 Å². The molecule has 1 saturated carbocycles. The molecule has 0 bridgehead atoms. The van der Waals surface area contributed by atoms with Crippen LogP contribution in [-0.4, -0.2) is 54.3 Å². The lowest BCUT2D eigenvalue weighted by molar-refractivity contribution is 0.138. The third kappa shape index (κ3) is 2.44. The molecule has 4 rings (SSSR count). The summed E-state index contributed by atoms with van der Waals surface area (Å²) in [7, 11) is 2.05. The lowest BCUT2D eigenvalue weighted by Gasteiger charge is -2.35. The molecule has 8 heteroatoms. The predicted molar refractivity (Wildman–Crippen MR) is 75.3 cm³/mol. The number of hydrogen-bond donors (Lipinski definition) is 1. The Hall–Kier alpha value is -1.80. The van der Waals surface area contributed by atoms with Gasteiger partial charge in [-0.2, -0.15) is 0 Å². The van der Waals surface area contributed by atoms with Crippen molar-refractivity contribution in [3.05, 3.63) is 24.0 Å². The molecular formula is C13H20N8. The fourth-order valence-electron chi connectivity index (χ4n) is 2.99. The molecule has 3 heterocycles. The lowest BCUT2D eigenvalue weighted by Crippen LogP contribution is -2.46. The smallest absolute Gasteiger partial charge is 0.165 e. The number of nitrogens with one attached hydrogen (secondary N) is 1. The van der Waals surface area contributed by atoms with Gasteiger partial charge in [-0.05, 0) is 23.3 Å². The van der Waals surface area contributed by atoms with Gasteiger partial charge in [-0.3, -0.25) is 4.90 Å². The van der Waals surface area contributed by atoms with Crippen LogP contribution in [0, 0.1) is 0 Å². The van der Waals surface area contributed by atoms with Crippen molar-refractivity contribution in [2.24, 2.45) is 7.05 Å². The van der Waals surface area contributed by atoms with Crippen molar-refractivity contribution in [3.8, 4) is 0 Å². The van der Waals surface area contributed by atoms with Crippen LogP contribution in [0.4, 0.5) is 0 Å². The number of aryl methyl sites for hydroxylation is 1. The Kier molecular flexibility index (Phi) is 3.19. The van der Waals surface area contributed by atoms with Crippen molar-refractivity contribution in [2.75, 3.05) is 19.6 Å². The summed E-state index contributed by atoms with van der Waals surface area (Å²) in [4.78, 5) is 6.93. The molecule has 112 valence electrons. The Morgan fingerprint density at radius 2 is 2.29 bits per heavy atom. The zero-order valence-corrected chi connectivity index (χ0v) is 12.2. The second-order valence-electron chi connectivity index (χ2n) is 5.86. The first-order valence-corrected chi connectivity index (χ1v) is 7.51. The van der Waals surface area contributed by atoms with E-state index in [9.17, 15) is 0 Å². The summed E-state index contributed by atoms with van der Waals surface area (Å²) < 4.78 is 4.09. The number of rotatable bonds is 4. The third-order valence-corrected chi connectivity index (χ3v) is 4.31. The van der Waals surface area contributed by atoms with Crippen molar-refractivity contribution < 1.29 is 0 Å². The molecule has 0 radical (unpaired) electrons. The Morgan fingerprint density at radius 3 is 3.05 bits per heavy atom. The molecule has 1 aliphatic carbocycles. The summed E-state index contributed by atoms with van der Waals surface area (Å²) in [5.41, 5.74) is 0. The van der Waals surface area contributed by atoms with E-state index in [-0.39, 0.29) is 6.04 Å². The van der Waals surface area contributed by atoms with Gasteiger partial charge < -0.3 is 9.88 Å². The number of tetrazole rings is 1. The number of hydrogen-bond acceptors (Lipinski definition) is 6. The van der Waals surface area contributed by atoms with Crippen molar-refractivity contribution in [2.45, 2.75) is 31.5 Å². The van der Waals surface area contributed by atoms with Crippen LogP contribution < -0.4 is 5.32 Å². The van der Waals surface area contributed by atoms with Crippen molar-refractivity contribution in [1.29, 1.82) is 0 Å². The molecule has 2 aromatic heterocycles. The monoisotopic (exact) mass is 288 g/mol. The largest absolute Gasteiger partial charge is 0.337 e. The molecule has 0 aromatic carbocycles. The van der Waals surface area contributed by atoms with Crippen LogP contribution in [0.5, 0.6) is 0 Å². The third-order valence-electron chi connectivity index (χ3n) is 4.31. The molecule has 1 unspecified atom stereocenters. The van der Waals surface area contributed by atoms with Crippen LogP contribution in [0.3, 0.4) is 0 Å². The minimum absolute atomic E-state index is 0.267. The summed E-state index contributed by atoms with van der Waals surface area (Å²) in [6.07, 6.45) is 6.25. The van der Waals surface area contributed by atoms with Crippen LogP contribution in [0.1, 0.15) is 36.6 Å². The van der Waals surface area contributed by atoms with Crippen LogP contribution in [-0.2, 0) is 13.6 Å². The minimum Gasteiger partial charge on any atom is -0.337 e. The first-order valence-electron chi connectivity index (χ1n) is 7.51. The van der Waals surface area contributed by atoms with Crippen LogP contribution in [0.15, 0.2) is 12.4 Å². The summed E-state index contributed by atoms with van der Waals surface area (Å²) in [5, 5.41) is 15.7. The van der Waals surface area contributed by atoms with Gasteiger partial charge in [0.1, 0.15) is 5.82 Å². The second kappa shape index (κ2) is 5.19. The molecule has 21 heavy (non-hydrogen) atoms. The first-order chi connectivity index (χ1) is 10.3. The molecule has 2 aliphatic rings. The van der Waals surface area contributed by atoms with Gasteiger partial charge in [0.2, 0.25) is 0 Å². The average Bonchev–Trinajstić information content (AvgIpc) is 3.09. The van der Waals surface area contributed by atoms with Gasteiger partial charge in [-0.15, -0.1) is 5.10 Å². The van der Waals surface area contributed by atoms with Gasteiger partial charge in [-0.1, -0.05) is 0 Å². The topological polar surface area (TPSA) is 76.7 Å². The molecule has 0 amide bonds. The van der Waals surface area contributed by atoms with E-state index in [0.29, 0.717) is 6.04 Å². The van der Waals surface area contributed by atoms with E-state index >= 15 is 0 Å². The highest BCUT2D eigenvalue weighted by atomic mass is 15.6. The zero-order valence-electron chi connectivity index (χ0n) is 12.2. The van der Waals surface area contributed by atoms with Gasteiger partial charge in [-0.25, -0.2) is 9.67 Å². The summed E-state index contributed by atoms with van der Waals surface area (Å²) >= 11 is 0. The second-order valence-corrected chi connectivity index (χ2v) is 5.86. The molecule has 1 N–H and O–H groups in total. The molecular weight excluding hydrogens is 268 g/mol. The fraction of sp³-hybridized carbons (Fsp3) is 0.692. The van der Waals surface area contributed by atoms with Gasteiger partial charge in [0.25, 0.3) is 0 Å². The average molecular weight is 288 g/mol. The van der Waals surface area contributed by atoms with Gasteiger partial charge in [0, 0.05) is 39.1 Å². The number of imidazole rings is 1. The number of piperazine rings is 1. The van der Waals surface area contributed by atoms with E-state index in [1.165, 1.54) is 12.8 Å². The summed E-state index contributed by atoms with van der Waals surface area (Å²) in [6.45, 7) is 3.67. The van der Waals surface area contributed by atoms with Crippen molar-refractivity contribution in [3.63, 3.8) is 0 Å². The molecule has 2 aromatic rings. The van der Waals surface area contributed by atoms with Crippen molar-refractivity contribution >= 4 is 0 Å². The molecule has 1 aliphatic heterocycles. The van der Waals surface area contributed by atoms with Crippen LogP contribution in [0.2, 0.25) is 0 Å². The van der Waals surface area contributed by atoms with E-state index in [2.05, 4.69) is 35.3 Å². The quantitative estimate of drug-likeness (QED) is 0.846. The number of nitrogens with zero attached hydrogens (tertiary/aromatic N) is 7. The zero-order chi connectivity index (χ0) is 14.2. The van der Waals surface area contributed by atoms with Crippen molar-refractivity contribution in [1.82, 2.24) is 40.0 Å². The highest BCUT2D eigenvalue weighted by molar-refractivity contribution is 5.03. The molecule has 0 spiro atoms. The van der Waals surface area contributed by atoms with Gasteiger partial charge in [0.15, 0.2) is 5.82 Å². The maximum atomic E-state index is 4.51. The summed E-state index contributed by atoms with van der Waals surface area (Å²) in [5.74, 6) is 2.06. The number of aromatic nitrogens is 6. The van der Waals surface area contributed by atoms with Gasteiger partial charge >= 0.3 is 0 Å². The molecule has 2 fully saturated rings. The lowest BCUT2D eigenvalue weighted by atomic mass is 10.1. The Bertz CT molecular complexity index is 613. The first kappa shape index (κ1) is 12.9.